The van der Waals surface area contributed by atoms with Crippen LogP contribution >= 0.6 is 0 Å². The molecule has 0 aromatic heterocycles. The summed E-state index contributed by atoms with van der Waals surface area (Å²) in [6, 6.07) is 2.07. The molecule has 4 heteroatoms. The van der Waals surface area contributed by atoms with Gasteiger partial charge in [0.1, 0.15) is 5.34 Å². The van der Waals surface area contributed by atoms with E-state index in [-0.39, 0.29) is 0 Å². The minimum absolute atomic E-state index is 0.691. The van der Waals surface area contributed by atoms with Gasteiger partial charge in [0, 0.05) is 0 Å². The summed E-state index contributed by atoms with van der Waals surface area (Å²) in [5, 5.41) is 2.53. The van der Waals surface area contributed by atoms with Gasteiger partial charge >= 0.3 is 8.32 Å². The Balaban J connectivity index is 4.53. The van der Waals surface area contributed by atoms with E-state index in [9.17, 15) is 4.91 Å². The monoisotopic (exact) mass is 197 g/mol. The third-order valence-electron chi connectivity index (χ3n) is 1.78. The zero-order valence-corrected chi connectivity index (χ0v) is 8.74. The summed E-state index contributed by atoms with van der Waals surface area (Å²) in [5.41, 5.74) is 0. The van der Waals surface area contributed by atoms with Crippen LogP contribution in [-0.4, -0.2) is 8.32 Å². The van der Waals surface area contributed by atoms with Crippen LogP contribution in [0, 0.1) is 4.91 Å². The summed E-state index contributed by atoms with van der Waals surface area (Å²) in [6.45, 7) is 10.9. The lowest BCUT2D eigenvalue weighted by Gasteiger charge is -2.22. The molecule has 0 heterocycles. The summed E-state index contributed by atoms with van der Waals surface area (Å²) in [4.78, 5) is 10.1. The van der Waals surface area contributed by atoms with Gasteiger partial charge in [-0.15, -0.1) is 24.6 Å². The zero-order chi connectivity index (χ0) is 10.2. The predicted molar refractivity (Wildman–Crippen MR) is 57.6 cm³/mol. The van der Waals surface area contributed by atoms with E-state index >= 15 is 0 Å². The van der Waals surface area contributed by atoms with Crippen LogP contribution in [0.4, 0.5) is 0 Å². The van der Waals surface area contributed by atoms with Crippen molar-refractivity contribution in [2.24, 2.45) is 5.34 Å². The lowest BCUT2D eigenvalue weighted by atomic mass is 10.7. The molecule has 0 rings (SSSR count). The number of nitrogens with zero attached hydrogens (tertiary/aromatic N) is 1. The molecule has 0 aliphatic heterocycles. The van der Waals surface area contributed by atoms with Crippen molar-refractivity contribution in [3.05, 3.63) is 42.9 Å². The van der Waals surface area contributed by atoms with Gasteiger partial charge in [0.2, 0.25) is 0 Å². The molecule has 0 spiro atoms. The van der Waals surface area contributed by atoms with Gasteiger partial charge in [-0.3, -0.25) is 0 Å². The van der Waals surface area contributed by atoms with Crippen LogP contribution in [0.2, 0.25) is 18.1 Å². The molecule has 3 nitrogen and oxygen atoms in total. The Morgan fingerprint density at radius 1 is 1.08 bits per heavy atom. The number of hydrogen-bond donors (Lipinski definition) is 0. The fourth-order valence-corrected chi connectivity index (χ4v) is 3.69. The molecular weight excluding hydrogens is 182 g/mol. The summed E-state index contributed by atoms with van der Waals surface area (Å²) in [5.74, 6) is 0. The second kappa shape index (κ2) is 6.36. The van der Waals surface area contributed by atoms with Crippen molar-refractivity contribution in [2.45, 2.75) is 18.1 Å². The molecule has 13 heavy (non-hydrogen) atoms. The zero-order valence-electron chi connectivity index (χ0n) is 7.74. The maximum absolute atomic E-state index is 10.1. The molecule has 0 aliphatic rings. The molecule has 0 unspecified atom stereocenters. The van der Waals surface area contributed by atoms with Gasteiger partial charge in [-0.05, 0) is 18.1 Å². The van der Waals surface area contributed by atoms with Crippen molar-refractivity contribution in [1.82, 2.24) is 0 Å². The van der Waals surface area contributed by atoms with Crippen LogP contribution in [0.5, 0.6) is 0 Å². The second-order valence-electron chi connectivity index (χ2n) is 2.83. The number of allylic oxidation sites excluding steroid dienone is 3. The van der Waals surface area contributed by atoms with Crippen LogP contribution in [0.1, 0.15) is 0 Å². The lowest BCUT2D eigenvalue weighted by molar-refractivity contribution is 0.320. The summed E-state index contributed by atoms with van der Waals surface area (Å²) in [6.07, 6.45) is 5.26. The first-order valence-corrected chi connectivity index (χ1v) is 6.61. The van der Waals surface area contributed by atoms with Gasteiger partial charge in [-0.25, -0.2) is 0 Å². The molecule has 0 aromatic carbocycles. The molecule has 0 saturated carbocycles. The normalized spacial score (nSPS) is 10.2. The maximum atomic E-state index is 10.1. The Kier molecular flexibility index (Phi) is 5.79. The van der Waals surface area contributed by atoms with Crippen LogP contribution < -0.4 is 0 Å². The number of hydrogen-bond acceptors (Lipinski definition) is 3. The molecule has 0 radical (unpaired) electrons. The molecule has 0 N–H and O–H groups in total. The Hall–Kier alpha value is -1.16. The van der Waals surface area contributed by atoms with Crippen molar-refractivity contribution in [3.8, 4) is 0 Å². The molecule has 0 amide bonds. The first-order valence-electron chi connectivity index (χ1n) is 4.08. The molecule has 0 aromatic rings. The highest BCUT2D eigenvalue weighted by molar-refractivity contribution is 6.75. The number of rotatable bonds is 8. The molecule has 0 bridgehead atoms. The highest BCUT2D eigenvalue weighted by Crippen LogP contribution is 2.24. The summed E-state index contributed by atoms with van der Waals surface area (Å²) >= 11 is 0. The largest absolute Gasteiger partial charge is 0.423 e. The van der Waals surface area contributed by atoms with Gasteiger partial charge in [0.05, 0.1) is 0 Å². The maximum Gasteiger partial charge on any atom is 0.303 e. The van der Waals surface area contributed by atoms with E-state index < -0.39 is 8.32 Å². The quantitative estimate of drug-likeness (QED) is 0.259. The molecule has 0 aliphatic carbocycles. The van der Waals surface area contributed by atoms with E-state index in [1.165, 1.54) is 0 Å². The average Bonchev–Trinajstić information content (AvgIpc) is 2.06. The second-order valence-corrected chi connectivity index (χ2v) is 6.60. The van der Waals surface area contributed by atoms with Gasteiger partial charge in [0.25, 0.3) is 0 Å². The van der Waals surface area contributed by atoms with E-state index in [1.54, 1.807) is 18.2 Å². The summed E-state index contributed by atoms with van der Waals surface area (Å²) in [7, 11) is -2.13. The third kappa shape index (κ3) is 3.84. The van der Waals surface area contributed by atoms with Gasteiger partial charge in [0.15, 0.2) is 0 Å². The van der Waals surface area contributed by atoms with E-state index in [1.807, 2.05) is 0 Å². The average molecular weight is 197 g/mol. The molecule has 0 atom stereocenters. The Labute approximate surface area is 79.9 Å². The molecule has 0 fully saturated rings. The van der Waals surface area contributed by atoms with Crippen molar-refractivity contribution < 1.29 is 4.53 Å². The van der Waals surface area contributed by atoms with E-state index in [0.29, 0.717) is 18.1 Å². The Morgan fingerprint density at radius 3 is 1.69 bits per heavy atom. The van der Waals surface area contributed by atoms with Crippen molar-refractivity contribution in [3.63, 3.8) is 0 Å². The van der Waals surface area contributed by atoms with Crippen molar-refractivity contribution in [2.75, 3.05) is 0 Å². The van der Waals surface area contributed by atoms with E-state index in [0.717, 1.165) is 0 Å². The predicted octanol–water partition coefficient (Wildman–Crippen LogP) is 3.19. The van der Waals surface area contributed by atoms with E-state index in [2.05, 4.69) is 25.1 Å². The SMILES string of the molecule is C=CC[Si](CC=C)(CC=C)ON=O. The van der Waals surface area contributed by atoms with Gasteiger partial charge in [-0.1, -0.05) is 18.2 Å². The lowest BCUT2D eigenvalue weighted by Crippen LogP contribution is -2.34. The Morgan fingerprint density at radius 2 is 1.46 bits per heavy atom. The minimum atomic E-state index is -2.13. The van der Waals surface area contributed by atoms with Crippen LogP contribution in [0.3, 0.4) is 0 Å². The first kappa shape index (κ1) is 11.8. The minimum Gasteiger partial charge on any atom is -0.423 e. The standard InChI is InChI=1S/C9H15NO2Si/c1-4-7-13(8-5-2,9-6-3)12-10-11/h4-6H,1-3,7-9H2. The molecule has 72 valence electrons. The fourth-order valence-electron chi connectivity index (χ4n) is 1.23. The smallest absolute Gasteiger partial charge is 0.303 e. The van der Waals surface area contributed by atoms with E-state index in [4.69, 9.17) is 4.53 Å². The third-order valence-corrected chi connectivity index (χ3v) is 5.34. The summed E-state index contributed by atoms with van der Waals surface area (Å²) < 4.78 is 4.95. The molecular formula is C9H15NO2Si. The van der Waals surface area contributed by atoms with Gasteiger partial charge < -0.3 is 4.53 Å². The van der Waals surface area contributed by atoms with Crippen molar-refractivity contribution in [1.29, 1.82) is 0 Å². The fraction of sp³-hybridized carbons (Fsp3) is 0.333. The van der Waals surface area contributed by atoms with Crippen LogP contribution in [-0.2, 0) is 4.53 Å². The Bertz CT molecular complexity index is 158. The highest BCUT2D eigenvalue weighted by atomic mass is 28.4. The van der Waals surface area contributed by atoms with Crippen LogP contribution in [0.25, 0.3) is 0 Å². The highest BCUT2D eigenvalue weighted by Gasteiger charge is 2.34. The first-order chi connectivity index (χ1) is 6.24. The molecule has 0 saturated heterocycles. The topological polar surface area (TPSA) is 38.7 Å². The van der Waals surface area contributed by atoms with Crippen LogP contribution in [0.15, 0.2) is 43.3 Å². The van der Waals surface area contributed by atoms with Gasteiger partial charge in [-0.2, -0.15) is 0 Å². The van der Waals surface area contributed by atoms with Crippen molar-refractivity contribution >= 4 is 8.32 Å².